The molecule has 0 aromatic carbocycles. The molecule has 0 atom stereocenters. The van der Waals surface area contributed by atoms with E-state index in [-0.39, 0.29) is 5.41 Å². The third-order valence-electron chi connectivity index (χ3n) is 3.12. The van der Waals surface area contributed by atoms with Crippen molar-refractivity contribution in [1.82, 2.24) is 4.90 Å². The van der Waals surface area contributed by atoms with Crippen LogP contribution in [0.2, 0.25) is 0 Å². The highest BCUT2D eigenvalue weighted by Crippen LogP contribution is 2.33. The lowest BCUT2D eigenvalue weighted by Gasteiger charge is -2.36. The number of hydrogen-bond donors (Lipinski definition) is 1. The van der Waals surface area contributed by atoms with Crippen molar-refractivity contribution in [3.8, 4) is 6.07 Å². The zero-order valence-corrected chi connectivity index (χ0v) is 8.42. The number of piperidine rings is 1. The summed E-state index contributed by atoms with van der Waals surface area (Å²) in [5, 5.41) is 9.11. The van der Waals surface area contributed by atoms with E-state index in [1.807, 2.05) is 0 Å². The lowest BCUT2D eigenvalue weighted by molar-refractivity contribution is 0.145. The monoisotopic (exact) mass is 181 g/mol. The van der Waals surface area contributed by atoms with Gasteiger partial charge in [0, 0.05) is 0 Å². The standard InChI is InChI=1S/C10H19N3/c1-2-13-7-4-10(9-12,3-6-11)5-8-13/h2-8,11H2,1H3. The molecule has 3 heteroatoms. The Balaban J connectivity index is 2.49. The summed E-state index contributed by atoms with van der Waals surface area (Å²) in [5.74, 6) is 0. The van der Waals surface area contributed by atoms with Gasteiger partial charge in [-0.1, -0.05) is 6.92 Å². The fourth-order valence-corrected chi connectivity index (χ4v) is 1.99. The van der Waals surface area contributed by atoms with Gasteiger partial charge >= 0.3 is 0 Å². The van der Waals surface area contributed by atoms with Crippen LogP contribution in [0.3, 0.4) is 0 Å². The van der Waals surface area contributed by atoms with Gasteiger partial charge in [-0.15, -0.1) is 0 Å². The molecule has 0 aliphatic carbocycles. The van der Waals surface area contributed by atoms with Crippen LogP contribution in [0.4, 0.5) is 0 Å². The van der Waals surface area contributed by atoms with Gasteiger partial charge in [-0.2, -0.15) is 5.26 Å². The average Bonchev–Trinajstić information content (AvgIpc) is 2.19. The number of nitriles is 1. The van der Waals surface area contributed by atoms with E-state index in [2.05, 4.69) is 17.9 Å². The molecular formula is C10H19N3. The van der Waals surface area contributed by atoms with E-state index in [1.54, 1.807) is 0 Å². The first-order valence-electron chi connectivity index (χ1n) is 5.10. The fourth-order valence-electron chi connectivity index (χ4n) is 1.99. The topological polar surface area (TPSA) is 53.0 Å². The Kier molecular flexibility index (Phi) is 3.71. The van der Waals surface area contributed by atoms with Crippen molar-refractivity contribution in [3.63, 3.8) is 0 Å². The van der Waals surface area contributed by atoms with Gasteiger partial charge < -0.3 is 10.6 Å². The van der Waals surface area contributed by atoms with E-state index < -0.39 is 0 Å². The molecule has 0 saturated carbocycles. The van der Waals surface area contributed by atoms with Gasteiger partial charge in [0.25, 0.3) is 0 Å². The highest BCUT2D eigenvalue weighted by molar-refractivity contribution is 5.01. The first-order valence-corrected chi connectivity index (χ1v) is 5.10. The van der Waals surface area contributed by atoms with Crippen LogP contribution in [0.5, 0.6) is 0 Å². The number of nitrogens with two attached hydrogens (primary N) is 1. The first kappa shape index (κ1) is 10.5. The fraction of sp³-hybridized carbons (Fsp3) is 0.900. The third kappa shape index (κ3) is 2.43. The molecule has 1 aliphatic heterocycles. The lowest BCUT2D eigenvalue weighted by Crippen LogP contribution is -2.40. The van der Waals surface area contributed by atoms with Crippen LogP contribution in [-0.4, -0.2) is 31.1 Å². The summed E-state index contributed by atoms with van der Waals surface area (Å²) in [6.07, 6.45) is 2.85. The van der Waals surface area contributed by atoms with Gasteiger partial charge in [0.05, 0.1) is 11.5 Å². The molecular weight excluding hydrogens is 162 g/mol. The van der Waals surface area contributed by atoms with Crippen LogP contribution >= 0.6 is 0 Å². The summed E-state index contributed by atoms with van der Waals surface area (Å²) in [6.45, 7) is 6.03. The average molecular weight is 181 g/mol. The summed E-state index contributed by atoms with van der Waals surface area (Å²) < 4.78 is 0. The zero-order chi connectivity index (χ0) is 9.73. The van der Waals surface area contributed by atoms with E-state index in [0.717, 1.165) is 38.9 Å². The molecule has 0 aromatic heterocycles. The Morgan fingerprint density at radius 1 is 1.46 bits per heavy atom. The van der Waals surface area contributed by atoms with E-state index >= 15 is 0 Å². The Hall–Kier alpha value is -0.590. The Morgan fingerprint density at radius 3 is 2.46 bits per heavy atom. The molecule has 1 rings (SSSR count). The lowest BCUT2D eigenvalue weighted by atomic mass is 9.77. The smallest absolute Gasteiger partial charge is 0.0691 e. The van der Waals surface area contributed by atoms with Crippen LogP contribution < -0.4 is 5.73 Å². The predicted molar refractivity (Wildman–Crippen MR) is 53.1 cm³/mol. The summed E-state index contributed by atoms with van der Waals surface area (Å²) in [4.78, 5) is 2.39. The second kappa shape index (κ2) is 4.59. The molecule has 1 saturated heterocycles. The molecule has 74 valence electrons. The van der Waals surface area contributed by atoms with Gasteiger partial charge in [0.15, 0.2) is 0 Å². The quantitative estimate of drug-likeness (QED) is 0.705. The number of hydrogen-bond acceptors (Lipinski definition) is 3. The minimum absolute atomic E-state index is 0.111. The minimum Gasteiger partial charge on any atom is -0.330 e. The minimum atomic E-state index is -0.111. The largest absolute Gasteiger partial charge is 0.330 e. The number of likely N-dealkylation sites (tertiary alicyclic amines) is 1. The van der Waals surface area contributed by atoms with Crippen molar-refractivity contribution >= 4 is 0 Å². The predicted octanol–water partition coefficient (Wildman–Crippen LogP) is 0.961. The number of nitrogens with zero attached hydrogens (tertiary/aromatic N) is 2. The van der Waals surface area contributed by atoms with Crippen LogP contribution in [0.1, 0.15) is 26.2 Å². The summed E-state index contributed by atoms with van der Waals surface area (Å²) in [6, 6.07) is 2.46. The summed E-state index contributed by atoms with van der Waals surface area (Å²) in [5.41, 5.74) is 5.41. The maximum absolute atomic E-state index is 9.11. The molecule has 0 radical (unpaired) electrons. The maximum atomic E-state index is 9.11. The van der Waals surface area contributed by atoms with Gasteiger partial charge in [-0.25, -0.2) is 0 Å². The molecule has 0 amide bonds. The normalized spacial score (nSPS) is 22.5. The van der Waals surface area contributed by atoms with Crippen LogP contribution in [0.25, 0.3) is 0 Å². The Morgan fingerprint density at radius 2 is 2.08 bits per heavy atom. The molecule has 3 nitrogen and oxygen atoms in total. The molecule has 13 heavy (non-hydrogen) atoms. The molecule has 1 fully saturated rings. The first-order chi connectivity index (χ1) is 6.26. The van der Waals surface area contributed by atoms with Crippen molar-refractivity contribution in [2.45, 2.75) is 26.2 Å². The van der Waals surface area contributed by atoms with Gasteiger partial charge in [0.1, 0.15) is 0 Å². The van der Waals surface area contributed by atoms with E-state index in [9.17, 15) is 0 Å². The van der Waals surface area contributed by atoms with Crippen molar-refractivity contribution < 1.29 is 0 Å². The molecule has 1 heterocycles. The second-order valence-corrected chi connectivity index (χ2v) is 3.87. The van der Waals surface area contributed by atoms with E-state index in [0.29, 0.717) is 6.54 Å². The Bertz CT molecular complexity index is 187. The van der Waals surface area contributed by atoms with E-state index in [4.69, 9.17) is 11.0 Å². The SMILES string of the molecule is CCN1CCC(C#N)(CCN)CC1. The van der Waals surface area contributed by atoms with Gasteiger partial charge in [0.2, 0.25) is 0 Å². The number of rotatable bonds is 3. The highest BCUT2D eigenvalue weighted by Gasteiger charge is 2.33. The summed E-state index contributed by atoms with van der Waals surface area (Å²) >= 11 is 0. The maximum Gasteiger partial charge on any atom is 0.0691 e. The van der Waals surface area contributed by atoms with Gasteiger partial charge in [-0.05, 0) is 45.4 Å². The van der Waals surface area contributed by atoms with Crippen LogP contribution in [0.15, 0.2) is 0 Å². The highest BCUT2D eigenvalue weighted by atomic mass is 15.1. The molecule has 0 spiro atoms. The van der Waals surface area contributed by atoms with Crippen molar-refractivity contribution in [3.05, 3.63) is 0 Å². The Labute approximate surface area is 80.5 Å². The molecule has 2 N–H and O–H groups in total. The van der Waals surface area contributed by atoms with Crippen LogP contribution in [-0.2, 0) is 0 Å². The van der Waals surface area contributed by atoms with Crippen molar-refractivity contribution in [1.29, 1.82) is 5.26 Å². The molecule has 1 aliphatic rings. The summed E-state index contributed by atoms with van der Waals surface area (Å²) in [7, 11) is 0. The van der Waals surface area contributed by atoms with Crippen LogP contribution in [0, 0.1) is 16.7 Å². The molecule has 0 aromatic rings. The van der Waals surface area contributed by atoms with Crippen molar-refractivity contribution in [2.24, 2.45) is 11.1 Å². The molecule has 0 unspecified atom stereocenters. The zero-order valence-electron chi connectivity index (χ0n) is 8.42. The second-order valence-electron chi connectivity index (χ2n) is 3.87. The van der Waals surface area contributed by atoms with Gasteiger partial charge in [-0.3, -0.25) is 0 Å². The molecule has 0 bridgehead atoms. The van der Waals surface area contributed by atoms with E-state index in [1.165, 1.54) is 0 Å². The third-order valence-corrected chi connectivity index (χ3v) is 3.12. The van der Waals surface area contributed by atoms with Crippen molar-refractivity contribution in [2.75, 3.05) is 26.2 Å².